The highest BCUT2D eigenvalue weighted by Crippen LogP contribution is 2.21. The van der Waals surface area contributed by atoms with Crippen LogP contribution in [0, 0.1) is 5.92 Å². The first kappa shape index (κ1) is 11.9. The van der Waals surface area contributed by atoms with Gasteiger partial charge >= 0.3 is 0 Å². The molecule has 1 aromatic heterocycles. The molecule has 0 atom stereocenters. The van der Waals surface area contributed by atoms with Crippen LogP contribution in [-0.2, 0) is 4.79 Å². The molecule has 4 heteroatoms. The number of amides is 1. The fraction of sp³-hybridized carbons (Fsp3) is 0.538. The van der Waals surface area contributed by atoms with Gasteiger partial charge in [-0.3, -0.25) is 4.79 Å². The molecule has 2 heterocycles. The molecular weight excluding hydrogens is 214 g/mol. The van der Waals surface area contributed by atoms with Crippen LogP contribution in [0.2, 0.25) is 0 Å². The Morgan fingerprint density at radius 1 is 1.41 bits per heavy atom. The van der Waals surface area contributed by atoms with Gasteiger partial charge in [0, 0.05) is 37.0 Å². The van der Waals surface area contributed by atoms with Crippen LogP contribution in [0.1, 0.15) is 26.7 Å². The second-order valence-electron chi connectivity index (χ2n) is 4.74. The van der Waals surface area contributed by atoms with Gasteiger partial charge in [0.2, 0.25) is 5.91 Å². The third kappa shape index (κ3) is 2.96. The molecule has 0 bridgehead atoms. The number of nitrogens with zero attached hydrogens (tertiary/aromatic N) is 2. The topological polar surface area (TPSA) is 45.2 Å². The summed E-state index contributed by atoms with van der Waals surface area (Å²) in [5.41, 5.74) is 1.15. The van der Waals surface area contributed by atoms with Crippen molar-refractivity contribution in [3.05, 3.63) is 18.3 Å². The van der Waals surface area contributed by atoms with Crippen molar-refractivity contribution in [2.45, 2.75) is 26.7 Å². The molecule has 0 radical (unpaired) electrons. The molecule has 1 aromatic rings. The third-order valence-corrected chi connectivity index (χ3v) is 2.99. The monoisotopic (exact) mass is 233 g/mol. The van der Waals surface area contributed by atoms with Gasteiger partial charge < -0.3 is 10.2 Å². The summed E-state index contributed by atoms with van der Waals surface area (Å²) in [5.74, 6) is 0.636. The fourth-order valence-corrected chi connectivity index (χ4v) is 1.93. The molecule has 1 saturated heterocycles. The van der Waals surface area contributed by atoms with Gasteiger partial charge in [-0.15, -0.1) is 0 Å². The summed E-state index contributed by atoms with van der Waals surface area (Å²) in [5, 5.41) is 2.83. The van der Waals surface area contributed by atoms with E-state index in [0.29, 0.717) is 5.82 Å². The van der Waals surface area contributed by atoms with Gasteiger partial charge in [-0.05, 0) is 18.9 Å². The van der Waals surface area contributed by atoms with E-state index in [1.54, 1.807) is 6.20 Å². The van der Waals surface area contributed by atoms with E-state index in [9.17, 15) is 4.79 Å². The third-order valence-electron chi connectivity index (χ3n) is 2.99. The van der Waals surface area contributed by atoms with Gasteiger partial charge in [0.05, 0.1) is 0 Å². The first-order valence-electron chi connectivity index (χ1n) is 6.18. The van der Waals surface area contributed by atoms with Gasteiger partial charge in [-0.1, -0.05) is 13.8 Å². The van der Waals surface area contributed by atoms with Crippen molar-refractivity contribution in [1.29, 1.82) is 0 Å². The van der Waals surface area contributed by atoms with Crippen LogP contribution in [0.4, 0.5) is 11.5 Å². The number of rotatable bonds is 3. The van der Waals surface area contributed by atoms with Crippen LogP contribution in [0.5, 0.6) is 0 Å². The maximum absolute atomic E-state index is 11.6. The number of hydrogen-bond acceptors (Lipinski definition) is 3. The molecule has 1 amide bonds. The molecule has 1 N–H and O–H groups in total. The van der Waals surface area contributed by atoms with E-state index in [1.807, 2.05) is 26.0 Å². The maximum Gasteiger partial charge on any atom is 0.228 e. The Morgan fingerprint density at radius 2 is 2.12 bits per heavy atom. The minimum atomic E-state index is -0.0211. The second kappa shape index (κ2) is 5.17. The van der Waals surface area contributed by atoms with E-state index in [4.69, 9.17) is 0 Å². The Balaban J connectivity index is 2.08. The van der Waals surface area contributed by atoms with Crippen LogP contribution in [0.15, 0.2) is 18.3 Å². The zero-order chi connectivity index (χ0) is 12.3. The molecule has 1 aliphatic rings. The van der Waals surface area contributed by atoms with E-state index >= 15 is 0 Å². The lowest BCUT2D eigenvalue weighted by atomic mass is 10.2. The van der Waals surface area contributed by atoms with Crippen LogP contribution in [0.3, 0.4) is 0 Å². The van der Waals surface area contributed by atoms with Crippen molar-refractivity contribution in [2.24, 2.45) is 5.92 Å². The van der Waals surface area contributed by atoms with Gasteiger partial charge in [0.15, 0.2) is 0 Å². The summed E-state index contributed by atoms with van der Waals surface area (Å²) < 4.78 is 0. The van der Waals surface area contributed by atoms with Crippen LogP contribution >= 0.6 is 0 Å². The van der Waals surface area contributed by atoms with Crippen molar-refractivity contribution >= 4 is 17.4 Å². The Bertz CT molecular complexity index is 397. The summed E-state index contributed by atoms with van der Waals surface area (Å²) in [6, 6.07) is 3.95. The zero-order valence-electron chi connectivity index (χ0n) is 10.4. The molecule has 4 nitrogen and oxygen atoms in total. The van der Waals surface area contributed by atoms with Gasteiger partial charge in [-0.2, -0.15) is 0 Å². The SMILES string of the molecule is CC(C)C(=O)Nc1cc(N2CCCC2)ccn1. The minimum absolute atomic E-state index is 0.0103. The molecule has 92 valence electrons. The number of carbonyl (C=O) groups is 1. The first-order chi connectivity index (χ1) is 8.16. The van der Waals surface area contributed by atoms with Gasteiger partial charge in [-0.25, -0.2) is 4.98 Å². The lowest BCUT2D eigenvalue weighted by Crippen LogP contribution is -2.20. The van der Waals surface area contributed by atoms with E-state index < -0.39 is 0 Å². The zero-order valence-corrected chi connectivity index (χ0v) is 10.4. The van der Waals surface area contributed by atoms with Gasteiger partial charge in [0.1, 0.15) is 5.82 Å². The molecule has 2 rings (SSSR count). The van der Waals surface area contributed by atoms with Crippen LogP contribution in [-0.4, -0.2) is 24.0 Å². The molecule has 17 heavy (non-hydrogen) atoms. The number of hydrogen-bond donors (Lipinski definition) is 1. The van der Waals surface area contributed by atoms with E-state index in [1.165, 1.54) is 12.8 Å². The molecule has 0 saturated carbocycles. The molecule has 0 unspecified atom stereocenters. The van der Waals surface area contributed by atoms with Gasteiger partial charge in [0.25, 0.3) is 0 Å². The smallest absolute Gasteiger partial charge is 0.228 e. The van der Waals surface area contributed by atoms with Crippen molar-refractivity contribution in [3.8, 4) is 0 Å². The Morgan fingerprint density at radius 3 is 2.76 bits per heavy atom. The van der Waals surface area contributed by atoms with E-state index in [0.717, 1.165) is 18.8 Å². The van der Waals surface area contributed by atoms with E-state index in [-0.39, 0.29) is 11.8 Å². The molecule has 1 aliphatic heterocycles. The molecular formula is C13H19N3O. The average Bonchev–Trinajstić information content (AvgIpc) is 2.82. The second-order valence-corrected chi connectivity index (χ2v) is 4.74. The Kier molecular flexibility index (Phi) is 3.61. The Labute approximate surface area is 102 Å². The number of nitrogens with one attached hydrogen (secondary N) is 1. The molecule has 0 aliphatic carbocycles. The summed E-state index contributed by atoms with van der Waals surface area (Å²) in [6.07, 6.45) is 4.25. The average molecular weight is 233 g/mol. The summed E-state index contributed by atoms with van der Waals surface area (Å²) in [4.78, 5) is 18.1. The van der Waals surface area contributed by atoms with Crippen molar-refractivity contribution in [1.82, 2.24) is 4.98 Å². The maximum atomic E-state index is 11.6. The minimum Gasteiger partial charge on any atom is -0.371 e. The summed E-state index contributed by atoms with van der Waals surface area (Å²) in [6.45, 7) is 5.95. The highest BCUT2D eigenvalue weighted by atomic mass is 16.1. The number of aromatic nitrogens is 1. The standard InChI is InChI=1S/C13H19N3O/c1-10(2)13(17)15-12-9-11(5-6-14-12)16-7-3-4-8-16/h5-6,9-10H,3-4,7-8H2,1-2H3,(H,14,15,17). The lowest BCUT2D eigenvalue weighted by Gasteiger charge is -2.18. The quantitative estimate of drug-likeness (QED) is 0.871. The predicted octanol–water partition coefficient (Wildman–Crippen LogP) is 2.28. The highest BCUT2D eigenvalue weighted by molar-refractivity contribution is 5.91. The lowest BCUT2D eigenvalue weighted by molar-refractivity contribution is -0.118. The Hall–Kier alpha value is -1.58. The highest BCUT2D eigenvalue weighted by Gasteiger charge is 2.13. The van der Waals surface area contributed by atoms with E-state index in [2.05, 4.69) is 15.2 Å². The summed E-state index contributed by atoms with van der Waals surface area (Å²) >= 11 is 0. The number of pyridine rings is 1. The number of carbonyl (C=O) groups excluding carboxylic acids is 1. The first-order valence-corrected chi connectivity index (χ1v) is 6.18. The molecule has 0 aromatic carbocycles. The normalized spacial score (nSPS) is 15.4. The van der Waals surface area contributed by atoms with Crippen LogP contribution in [0.25, 0.3) is 0 Å². The van der Waals surface area contributed by atoms with Crippen LogP contribution < -0.4 is 10.2 Å². The molecule has 0 spiro atoms. The van der Waals surface area contributed by atoms with Crippen molar-refractivity contribution in [2.75, 3.05) is 23.3 Å². The number of anilines is 2. The van der Waals surface area contributed by atoms with Crippen molar-refractivity contribution < 1.29 is 4.79 Å². The predicted molar refractivity (Wildman–Crippen MR) is 69.2 cm³/mol. The summed E-state index contributed by atoms with van der Waals surface area (Å²) in [7, 11) is 0. The fourth-order valence-electron chi connectivity index (χ4n) is 1.93. The van der Waals surface area contributed by atoms with Crippen molar-refractivity contribution in [3.63, 3.8) is 0 Å². The molecule has 1 fully saturated rings. The largest absolute Gasteiger partial charge is 0.371 e.